The van der Waals surface area contributed by atoms with Gasteiger partial charge in [0.05, 0.1) is 0 Å². The van der Waals surface area contributed by atoms with E-state index in [0.29, 0.717) is 6.04 Å². The highest BCUT2D eigenvalue weighted by atomic mass is 16.2. The van der Waals surface area contributed by atoms with E-state index in [9.17, 15) is 4.79 Å². The van der Waals surface area contributed by atoms with Crippen LogP contribution in [-0.2, 0) is 4.79 Å². The quantitative estimate of drug-likeness (QED) is 0.683. The van der Waals surface area contributed by atoms with Crippen LogP contribution in [0.3, 0.4) is 0 Å². The monoisotopic (exact) mass is 195 g/mol. The van der Waals surface area contributed by atoms with E-state index < -0.39 is 0 Å². The lowest BCUT2D eigenvalue weighted by atomic mass is 9.91. The summed E-state index contributed by atoms with van der Waals surface area (Å²) in [5, 5.41) is 3.21. The zero-order valence-corrected chi connectivity index (χ0v) is 9.47. The molecular formula is C12H21NO. The van der Waals surface area contributed by atoms with Crippen molar-refractivity contribution in [2.75, 3.05) is 0 Å². The Morgan fingerprint density at radius 2 is 1.93 bits per heavy atom. The Hall–Kier alpha value is -0.530. The number of carbonyl (C=O) groups excluding carboxylic acids is 1. The highest BCUT2D eigenvalue weighted by Crippen LogP contribution is 2.44. The van der Waals surface area contributed by atoms with Crippen molar-refractivity contribution >= 4 is 5.91 Å². The summed E-state index contributed by atoms with van der Waals surface area (Å²) in [5.74, 6) is 1.91. The summed E-state index contributed by atoms with van der Waals surface area (Å²) in [7, 11) is 0. The van der Waals surface area contributed by atoms with Gasteiger partial charge in [0, 0.05) is 11.5 Å². The van der Waals surface area contributed by atoms with Crippen LogP contribution >= 0.6 is 0 Å². The average Bonchev–Trinajstić information content (AvgIpc) is 2.62. The van der Waals surface area contributed by atoms with Crippen molar-refractivity contribution < 1.29 is 4.79 Å². The van der Waals surface area contributed by atoms with Crippen LogP contribution in [0, 0.1) is 17.3 Å². The summed E-state index contributed by atoms with van der Waals surface area (Å²) in [6, 6.07) is 0.487. The summed E-state index contributed by atoms with van der Waals surface area (Å²) >= 11 is 0. The Kier molecular flexibility index (Phi) is 2.32. The fourth-order valence-corrected chi connectivity index (χ4v) is 2.81. The molecular weight excluding hydrogens is 174 g/mol. The van der Waals surface area contributed by atoms with E-state index in [-0.39, 0.29) is 11.3 Å². The van der Waals surface area contributed by atoms with Crippen LogP contribution in [0.1, 0.15) is 46.5 Å². The number of carbonyl (C=O) groups is 1. The molecule has 2 aliphatic carbocycles. The van der Waals surface area contributed by atoms with E-state index >= 15 is 0 Å². The van der Waals surface area contributed by atoms with E-state index in [1.807, 2.05) is 20.8 Å². The van der Waals surface area contributed by atoms with Gasteiger partial charge >= 0.3 is 0 Å². The third-order valence-electron chi connectivity index (χ3n) is 3.74. The number of fused-ring (bicyclic) bond motifs is 2. The van der Waals surface area contributed by atoms with Gasteiger partial charge in [-0.15, -0.1) is 0 Å². The molecule has 0 unspecified atom stereocenters. The van der Waals surface area contributed by atoms with Crippen molar-refractivity contribution in [1.29, 1.82) is 0 Å². The molecule has 0 aromatic heterocycles. The zero-order valence-electron chi connectivity index (χ0n) is 9.47. The van der Waals surface area contributed by atoms with Crippen LogP contribution in [0.5, 0.6) is 0 Å². The maximum absolute atomic E-state index is 11.8. The second-order valence-electron chi connectivity index (χ2n) is 6.00. The largest absolute Gasteiger partial charge is 0.353 e. The van der Waals surface area contributed by atoms with Crippen molar-refractivity contribution in [1.82, 2.24) is 5.32 Å². The molecule has 0 aromatic rings. The molecule has 14 heavy (non-hydrogen) atoms. The van der Waals surface area contributed by atoms with Gasteiger partial charge in [-0.2, -0.15) is 0 Å². The molecule has 2 aliphatic rings. The summed E-state index contributed by atoms with van der Waals surface area (Å²) < 4.78 is 0. The van der Waals surface area contributed by atoms with Crippen molar-refractivity contribution in [2.24, 2.45) is 17.3 Å². The van der Waals surface area contributed by atoms with Crippen LogP contribution < -0.4 is 5.32 Å². The number of hydrogen-bond donors (Lipinski definition) is 1. The fourth-order valence-electron chi connectivity index (χ4n) is 2.81. The molecule has 0 heterocycles. The number of amides is 1. The molecule has 2 heteroatoms. The van der Waals surface area contributed by atoms with Gasteiger partial charge in [0.25, 0.3) is 0 Å². The van der Waals surface area contributed by atoms with E-state index in [2.05, 4.69) is 5.32 Å². The summed E-state index contributed by atoms with van der Waals surface area (Å²) in [6.45, 7) is 5.95. The summed E-state index contributed by atoms with van der Waals surface area (Å²) in [5.41, 5.74) is -0.234. The van der Waals surface area contributed by atoms with E-state index in [0.717, 1.165) is 11.8 Å². The van der Waals surface area contributed by atoms with Crippen LogP contribution in [0.2, 0.25) is 0 Å². The first-order chi connectivity index (χ1) is 6.47. The predicted molar refractivity (Wildman–Crippen MR) is 56.8 cm³/mol. The van der Waals surface area contributed by atoms with E-state index in [4.69, 9.17) is 0 Å². The van der Waals surface area contributed by atoms with Gasteiger partial charge < -0.3 is 5.32 Å². The normalized spacial score (nSPS) is 36.1. The van der Waals surface area contributed by atoms with Crippen LogP contribution in [0.15, 0.2) is 0 Å². The SMILES string of the molecule is CC(C)(C)C(=O)N[C@H]1C[C@@H]2CC[C@@H]1C2. The van der Waals surface area contributed by atoms with Gasteiger partial charge in [0.1, 0.15) is 0 Å². The molecule has 0 aliphatic heterocycles. The fraction of sp³-hybridized carbons (Fsp3) is 0.917. The van der Waals surface area contributed by atoms with Crippen molar-refractivity contribution in [3.05, 3.63) is 0 Å². The number of rotatable bonds is 1. The van der Waals surface area contributed by atoms with Crippen LogP contribution in [-0.4, -0.2) is 11.9 Å². The molecule has 1 N–H and O–H groups in total. The lowest BCUT2D eigenvalue weighted by Crippen LogP contribution is -2.44. The predicted octanol–water partition coefficient (Wildman–Crippen LogP) is 2.34. The Labute approximate surface area is 86.5 Å². The first-order valence-corrected chi connectivity index (χ1v) is 5.78. The molecule has 0 saturated heterocycles. The first kappa shape index (κ1) is 10.0. The van der Waals surface area contributed by atoms with Gasteiger partial charge in [0.2, 0.25) is 5.91 Å². The minimum Gasteiger partial charge on any atom is -0.353 e. The summed E-state index contributed by atoms with van der Waals surface area (Å²) in [6.07, 6.45) is 5.31. The van der Waals surface area contributed by atoms with Gasteiger partial charge in [-0.3, -0.25) is 4.79 Å². The highest BCUT2D eigenvalue weighted by molar-refractivity contribution is 5.81. The smallest absolute Gasteiger partial charge is 0.225 e. The van der Waals surface area contributed by atoms with Crippen molar-refractivity contribution in [3.63, 3.8) is 0 Å². The Morgan fingerprint density at radius 1 is 1.21 bits per heavy atom. The Morgan fingerprint density at radius 3 is 2.36 bits per heavy atom. The number of hydrogen-bond acceptors (Lipinski definition) is 1. The Bertz CT molecular complexity index is 241. The molecule has 80 valence electrons. The second-order valence-corrected chi connectivity index (χ2v) is 6.00. The van der Waals surface area contributed by atoms with Crippen LogP contribution in [0.25, 0.3) is 0 Å². The molecule has 0 radical (unpaired) electrons. The zero-order chi connectivity index (χ0) is 10.3. The van der Waals surface area contributed by atoms with E-state index in [1.54, 1.807) is 0 Å². The van der Waals surface area contributed by atoms with Crippen LogP contribution in [0.4, 0.5) is 0 Å². The topological polar surface area (TPSA) is 29.1 Å². The van der Waals surface area contributed by atoms with Gasteiger partial charge in [-0.25, -0.2) is 0 Å². The molecule has 2 fully saturated rings. The Balaban J connectivity index is 1.90. The van der Waals surface area contributed by atoms with Gasteiger partial charge in [0.15, 0.2) is 0 Å². The second kappa shape index (κ2) is 3.25. The van der Waals surface area contributed by atoms with Crippen molar-refractivity contribution in [3.8, 4) is 0 Å². The minimum atomic E-state index is -0.234. The lowest BCUT2D eigenvalue weighted by Gasteiger charge is -2.27. The maximum Gasteiger partial charge on any atom is 0.225 e. The molecule has 2 saturated carbocycles. The molecule has 0 aromatic carbocycles. The van der Waals surface area contributed by atoms with Gasteiger partial charge in [-0.1, -0.05) is 27.2 Å². The standard InChI is InChI=1S/C12H21NO/c1-12(2,3)11(14)13-10-7-8-4-5-9(10)6-8/h8-10H,4-7H2,1-3H3,(H,13,14)/t8-,9-,10+/m1/s1. The minimum absolute atomic E-state index is 0.218. The third-order valence-corrected chi connectivity index (χ3v) is 3.74. The number of nitrogens with one attached hydrogen (secondary N) is 1. The first-order valence-electron chi connectivity index (χ1n) is 5.78. The average molecular weight is 195 g/mol. The third kappa shape index (κ3) is 1.79. The van der Waals surface area contributed by atoms with Crippen molar-refractivity contribution in [2.45, 2.75) is 52.5 Å². The maximum atomic E-state index is 11.8. The molecule has 0 spiro atoms. The molecule has 2 rings (SSSR count). The van der Waals surface area contributed by atoms with Gasteiger partial charge in [-0.05, 0) is 31.1 Å². The lowest BCUT2D eigenvalue weighted by molar-refractivity contribution is -0.129. The molecule has 3 atom stereocenters. The molecule has 2 nitrogen and oxygen atoms in total. The van der Waals surface area contributed by atoms with E-state index in [1.165, 1.54) is 25.7 Å². The molecule has 1 amide bonds. The highest BCUT2D eigenvalue weighted by Gasteiger charge is 2.41. The summed E-state index contributed by atoms with van der Waals surface area (Å²) in [4.78, 5) is 11.8. The molecule has 2 bridgehead atoms.